The van der Waals surface area contributed by atoms with Gasteiger partial charge in [0.15, 0.2) is 0 Å². The van der Waals surface area contributed by atoms with Crippen LogP contribution in [0, 0.1) is 13.7 Å². The quantitative estimate of drug-likeness (QED) is 0.271. The number of anilines is 1. The highest BCUT2D eigenvalue weighted by molar-refractivity contribution is 14.1. The van der Waals surface area contributed by atoms with Gasteiger partial charge >= 0.3 is 0 Å². The normalized spacial score (nSPS) is 9.94. The molecule has 1 rings (SSSR count). The molecule has 6 heteroatoms. The summed E-state index contributed by atoms with van der Waals surface area (Å²) < 4.78 is 5.82. The van der Waals surface area contributed by atoms with Crippen molar-refractivity contribution in [2.24, 2.45) is 0 Å². The van der Waals surface area contributed by atoms with Crippen LogP contribution in [0.3, 0.4) is 0 Å². The van der Waals surface area contributed by atoms with Crippen molar-refractivity contribution < 1.29 is 9.66 Å². The number of nitro groups is 1. The van der Waals surface area contributed by atoms with Gasteiger partial charge in [0.2, 0.25) is 0 Å². The Bertz CT molecular complexity index is 410. The molecular weight excluding hydrogens is 335 g/mol. The topological polar surface area (TPSA) is 64.4 Å². The maximum Gasteiger partial charge on any atom is 0.282 e. The van der Waals surface area contributed by atoms with Gasteiger partial charge in [0.05, 0.1) is 21.7 Å². The molecule has 1 aromatic rings. The number of nitrogens with one attached hydrogen (secondary N) is 1. The highest BCUT2D eigenvalue weighted by Gasteiger charge is 2.10. The molecule has 17 heavy (non-hydrogen) atoms. The second-order valence-corrected chi connectivity index (χ2v) is 4.38. The molecule has 92 valence electrons. The number of benzene rings is 1. The van der Waals surface area contributed by atoms with Gasteiger partial charge in [-0.1, -0.05) is 6.08 Å². The van der Waals surface area contributed by atoms with E-state index in [1.54, 1.807) is 18.2 Å². The van der Waals surface area contributed by atoms with Gasteiger partial charge in [0.1, 0.15) is 0 Å². The monoisotopic (exact) mass is 348 g/mol. The molecule has 0 aliphatic rings. The second-order valence-electron chi connectivity index (χ2n) is 3.21. The smallest absolute Gasteiger partial charge is 0.282 e. The lowest BCUT2D eigenvalue weighted by Gasteiger charge is -2.06. The average molecular weight is 348 g/mol. The Hall–Kier alpha value is -1.15. The molecule has 0 saturated carbocycles. The van der Waals surface area contributed by atoms with Crippen molar-refractivity contribution in [2.45, 2.75) is 0 Å². The zero-order valence-corrected chi connectivity index (χ0v) is 11.3. The van der Waals surface area contributed by atoms with Crippen molar-refractivity contribution in [1.82, 2.24) is 0 Å². The number of hydrogen-bond acceptors (Lipinski definition) is 4. The molecule has 0 radical (unpaired) electrons. The van der Waals surface area contributed by atoms with Gasteiger partial charge in [-0.2, -0.15) is 0 Å². The number of rotatable bonds is 7. The molecule has 0 spiro atoms. The van der Waals surface area contributed by atoms with E-state index in [2.05, 4.69) is 11.9 Å². The minimum Gasteiger partial charge on any atom is -0.383 e. The Kier molecular flexibility index (Phi) is 5.92. The molecule has 5 nitrogen and oxygen atoms in total. The van der Waals surface area contributed by atoms with Crippen LogP contribution in [0.1, 0.15) is 0 Å². The third kappa shape index (κ3) is 4.70. The van der Waals surface area contributed by atoms with Crippen LogP contribution in [-0.2, 0) is 4.74 Å². The summed E-state index contributed by atoms with van der Waals surface area (Å²) in [6.45, 7) is 5.29. The van der Waals surface area contributed by atoms with Gasteiger partial charge in [0.25, 0.3) is 5.69 Å². The molecule has 0 heterocycles. The van der Waals surface area contributed by atoms with Gasteiger partial charge in [-0.15, -0.1) is 6.58 Å². The minimum absolute atomic E-state index is 0.124. The second kappa shape index (κ2) is 7.23. The summed E-state index contributed by atoms with van der Waals surface area (Å²) in [6.07, 6.45) is 1.69. The maximum absolute atomic E-state index is 10.6. The molecule has 0 aliphatic carbocycles. The molecule has 1 N–H and O–H groups in total. The van der Waals surface area contributed by atoms with Crippen LogP contribution in [0.25, 0.3) is 0 Å². The van der Waals surface area contributed by atoms with Crippen LogP contribution in [0.5, 0.6) is 0 Å². The predicted molar refractivity (Wildman–Crippen MR) is 75.3 cm³/mol. The van der Waals surface area contributed by atoms with E-state index in [0.29, 0.717) is 23.3 Å². The summed E-state index contributed by atoms with van der Waals surface area (Å²) in [5.41, 5.74) is 0.973. The third-order valence-electron chi connectivity index (χ3n) is 1.96. The Morgan fingerprint density at radius 1 is 1.59 bits per heavy atom. The standard InChI is InChI=1S/C11H13IN2O3/c1-2-6-17-7-5-13-9-3-4-11(14(15)16)10(12)8-9/h2-4,8,13H,1,5-7H2. The number of hydrogen-bond donors (Lipinski definition) is 1. The van der Waals surface area contributed by atoms with Crippen molar-refractivity contribution in [2.75, 3.05) is 25.1 Å². The van der Waals surface area contributed by atoms with Gasteiger partial charge in [-0.05, 0) is 34.7 Å². The molecule has 1 aromatic carbocycles. The van der Waals surface area contributed by atoms with E-state index in [9.17, 15) is 10.1 Å². The van der Waals surface area contributed by atoms with E-state index in [1.807, 2.05) is 22.6 Å². The van der Waals surface area contributed by atoms with E-state index < -0.39 is 4.92 Å². The SMILES string of the molecule is C=CCOCCNc1ccc([N+](=O)[O-])c(I)c1. The lowest BCUT2D eigenvalue weighted by atomic mass is 10.3. The zero-order chi connectivity index (χ0) is 12.7. The summed E-state index contributed by atoms with van der Waals surface area (Å²) in [5.74, 6) is 0. The zero-order valence-electron chi connectivity index (χ0n) is 9.19. The van der Waals surface area contributed by atoms with Crippen molar-refractivity contribution in [3.05, 3.63) is 44.5 Å². The fourth-order valence-corrected chi connectivity index (χ4v) is 1.91. The number of nitrogens with zero attached hydrogens (tertiary/aromatic N) is 1. The van der Waals surface area contributed by atoms with Gasteiger partial charge in [-0.25, -0.2) is 0 Å². The van der Waals surface area contributed by atoms with E-state index >= 15 is 0 Å². The molecular formula is C11H13IN2O3. The molecule has 0 amide bonds. The van der Waals surface area contributed by atoms with Crippen LogP contribution in [0.15, 0.2) is 30.9 Å². The Morgan fingerprint density at radius 3 is 2.94 bits per heavy atom. The molecule has 0 bridgehead atoms. The first-order valence-electron chi connectivity index (χ1n) is 5.01. The van der Waals surface area contributed by atoms with Crippen molar-refractivity contribution in [1.29, 1.82) is 0 Å². The first-order chi connectivity index (χ1) is 8.15. The fourth-order valence-electron chi connectivity index (χ4n) is 1.20. The number of ether oxygens (including phenoxy) is 1. The minimum atomic E-state index is -0.390. The predicted octanol–water partition coefficient (Wildman–Crippen LogP) is 2.81. The van der Waals surface area contributed by atoms with Crippen LogP contribution in [0.2, 0.25) is 0 Å². The molecule has 0 fully saturated rings. The van der Waals surface area contributed by atoms with Gasteiger partial charge < -0.3 is 10.1 Å². The van der Waals surface area contributed by atoms with Gasteiger partial charge in [-0.3, -0.25) is 10.1 Å². The molecule has 0 atom stereocenters. The lowest BCUT2D eigenvalue weighted by Crippen LogP contribution is -2.09. The highest BCUT2D eigenvalue weighted by Crippen LogP contribution is 2.23. The third-order valence-corrected chi connectivity index (χ3v) is 2.82. The first kappa shape index (κ1) is 13.9. The summed E-state index contributed by atoms with van der Waals surface area (Å²) >= 11 is 1.95. The lowest BCUT2D eigenvalue weighted by molar-refractivity contribution is -0.385. The highest BCUT2D eigenvalue weighted by atomic mass is 127. The van der Waals surface area contributed by atoms with Crippen LogP contribution in [0.4, 0.5) is 11.4 Å². The molecule has 0 saturated heterocycles. The first-order valence-corrected chi connectivity index (χ1v) is 6.09. The van der Waals surface area contributed by atoms with Gasteiger partial charge in [0, 0.05) is 18.3 Å². The van der Waals surface area contributed by atoms with E-state index in [0.717, 1.165) is 5.69 Å². The van der Waals surface area contributed by atoms with E-state index in [1.165, 1.54) is 6.07 Å². The van der Waals surface area contributed by atoms with E-state index in [4.69, 9.17) is 4.74 Å². The van der Waals surface area contributed by atoms with Crippen LogP contribution < -0.4 is 5.32 Å². The van der Waals surface area contributed by atoms with Crippen molar-refractivity contribution in [3.8, 4) is 0 Å². The number of nitro benzene ring substituents is 1. The fraction of sp³-hybridized carbons (Fsp3) is 0.273. The van der Waals surface area contributed by atoms with E-state index in [-0.39, 0.29) is 5.69 Å². The Labute approximate surface area is 113 Å². The summed E-state index contributed by atoms with van der Waals surface area (Å²) in [6, 6.07) is 4.93. The molecule has 0 aromatic heterocycles. The summed E-state index contributed by atoms with van der Waals surface area (Å²) in [5, 5.41) is 13.7. The molecule has 0 aliphatic heterocycles. The largest absolute Gasteiger partial charge is 0.383 e. The van der Waals surface area contributed by atoms with Crippen LogP contribution >= 0.6 is 22.6 Å². The Balaban J connectivity index is 2.47. The van der Waals surface area contributed by atoms with Crippen LogP contribution in [-0.4, -0.2) is 24.7 Å². The summed E-state index contributed by atoms with van der Waals surface area (Å²) in [7, 11) is 0. The Morgan fingerprint density at radius 2 is 2.35 bits per heavy atom. The maximum atomic E-state index is 10.6. The average Bonchev–Trinajstić information content (AvgIpc) is 2.28. The summed E-state index contributed by atoms with van der Waals surface area (Å²) in [4.78, 5) is 10.2. The van der Waals surface area contributed by atoms with Crippen molar-refractivity contribution in [3.63, 3.8) is 0 Å². The number of halogens is 1. The van der Waals surface area contributed by atoms with Crippen molar-refractivity contribution >= 4 is 34.0 Å². The molecule has 0 unspecified atom stereocenters.